The lowest BCUT2D eigenvalue weighted by atomic mass is 9.87. The van der Waals surface area contributed by atoms with Crippen molar-refractivity contribution in [1.82, 2.24) is 0 Å². The lowest BCUT2D eigenvalue weighted by Gasteiger charge is -2.16. The van der Waals surface area contributed by atoms with Crippen LogP contribution in [0.3, 0.4) is 0 Å². The largest absolute Gasteiger partial charge is 0.115 e. The molecule has 1 radical (unpaired) electrons. The molecule has 0 heterocycles. The topological polar surface area (TPSA) is 0 Å². The minimum atomic E-state index is 0.840. The predicted molar refractivity (Wildman–Crippen MR) is 105 cm³/mol. The molecule has 0 amide bonds. The van der Waals surface area contributed by atoms with Crippen LogP contribution in [-0.2, 0) is 6.42 Å². The van der Waals surface area contributed by atoms with E-state index in [1.54, 1.807) is 0 Å². The first-order valence-electron chi connectivity index (χ1n) is 8.20. The van der Waals surface area contributed by atoms with Crippen molar-refractivity contribution < 1.29 is 0 Å². The van der Waals surface area contributed by atoms with Gasteiger partial charge < -0.3 is 0 Å². The van der Waals surface area contributed by atoms with Gasteiger partial charge in [-0.1, -0.05) is 86.5 Å². The number of hydrogen-bond donors (Lipinski definition) is 0. The molecule has 3 aromatic rings. The molecule has 0 aliphatic heterocycles. The van der Waals surface area contributed by atoms with Crippen LogP contribution < -0.4 is 0 Å². The van der Waals surface area contributed by atoms with Crippen LogP contribution in [0.5, 0.6) is 0 Å². The molecule has 0 spiro atoms. The summed E-state index contributed by atoms with van der Waals surface area (Å²) in [5, 5.41) is 0. The van der Waals surface area contributed by atoms with Gasteiger partial charge in [0.15, 0.2) is 0 Å². The molecule has 0 aliphatic rings. The third-order valence-electron chi connectivity index (χ3n) is 4.18. The van der Waals surface area contributed by atoms with Crippen LogP contribution in [0.25, 0.3) is 22.3 Å². The van der Waals surface area contributed by atoms with E-state index in [1.807, 2.05) is 30.3 Å². The highest BCUT2D eigenvalue weighted by Gasteiger charge is 2.14. The van der Waals surface area contributed by atoms with Crippen molar-refractivity contribution >= 4 is 12.6 Å². The minimum absolute atomic E-state index is 0.840. The Morgan fingerprint density at radius 2 is 1.58 bits per heavy atom. The van der Waals surface area contributed by atoms with Crippen LogP contribution in [0.15, 0.2) is 71.6 Å². The van der Waals surface area contributed by atoms with Gasteiger partial charge >= 0.3 is 0 Å². The summed E-state index contributed by atoms with van der Waals surface area (Å²) in [4.78, 5) is 0.840. The molecule has 0 bridgehead atoms. The van der Waals surface area contributed by atoms with E-state index in [2.05, 4.69) is 49.2 Å². The highest BCUT2D eigenvalue weighted by molar-refractivity contribution is 7.80. The monoisotopic (exact) mass is 327 g/mol. The summed E-state index contributed by atoms with van der Waals surface area (Å²) in [5.41, 5.74) is 6.82. The van der Waals surface area contributed by atoms with E-state index >= 15 is 0 Å². The van der Waals surface area contributed by atoms with E-state index in [0.717, 1.165) is 34.4 Å². The van der Waals surface area contributed by atoms with Gasteiger partial charge in [0, 0.05) is 16.0 Å². The van der Waals surface area contributed by atoms with E-state index in [1.165, 1.54) is 16.7 Å². The maximum Gasteiger partial charge on any atom is 0.0402 e. The zero-order chi connectivity index (χ0) is 16.9. The molecule has 0 N–H and O–H groups in total. The van der Waals surface area contributed by atoms with Crippen LogP contribution in [0, 0.1) is 12.3 Å². The first kappa shape index (κ1) is 16.3. The molecule has 0 fully saturated rings. The van der Waals surface area contributed by atoms with Crippen molar-refractivity contribution in [2.75, 3.05) is 0 Å². The Balaban J connectivity index is 2.26. The summed E-state index contributed by atoms with van der Waals surface area (Å²) in [6, 6.07) is 22.8. The Kier molecular flexibility index (Phi) is 4.99. The summed E-state index contributed by atoms with van der Waals surface area (Å²) >= 11 is 5.20. The van der Waals surface area contributed by atoms with Gasteiger partial charge in [-0.15, -0.1) is 6.42 Å². The van der Waals surface area contributed by atoms with Crippen molar-refractivity contribution in [1.29, 1.82) is 0 Å². The maximum absolute atomic E-state index is 5.95. The smallest absolute Gasteiger partial charge is 0.0402 e. The Hall–Kier alpha value is -2.56. The second kappa shape index (κ2) is 7.34. The third-order valence-corrected chi connectivity index (χ3v) is 4.46. The molecular formula is C23H19S. The molecule has 3 rings (SSSR count). The van der Waals surface area contributed by atoms with Gasteiger partial charge in [0.05, 0.1) is 0 Å². The van der Waals surface area contributed by atoms with E-state index in [4.69, 9.17) is 19.1 Å². The summed E-state index contributed by atoms with van der Waals surface area (Å²) in [5.74, 6) is 2.95. The molecule has 0 unspecified atom stereocenters. The summed E-state index contributed by atoms with van der Waals surface area (Å²) in [6.07, 6.45) is 8.06. The van der Waals surface area contributed by atoms with E-state index in [-0.39, 0.29) is 0 Å². The van der Waals surface area contributed by atoms with Gasteiger partial charge in [0.2, 0.25) is 0 Å². The van der Waals surface area contributed by atoms with E-state index in [9.17, 15) is 0 Å². The SMILES string of the molecule is C#Cc1c(-c2ccc([S])cc2)ccc(CCC)c1-c1ccccc1. The highest BCUT2D eigenvalue weighted by atomic mass is 32.1. The predicted octanol–water partition coefficient (Wildman–Crippen LogP) is 6.51. The summed E-state index contributed by atoms with van der Waals surface area (Å²) < 4.78 is 0. The van der Waals surface area contributed by atoms with Gasteiger partial charge in [-0.05, 0) is 40.8 Å². The van der Waals surface area contributed by atoms with Gasteiger partial charge in [0.1, 0.15) is 0 Å². The number of benzene rings is 3. The average Bonchev–Trinajstić information content (AvgIpc) is 2.63. The van der Waals surface area contributed by atoms with Gasteiger partial charge in [0.25, 0.3) is 0 Å². The Labute approximate surface area is 150 Å². The fourth-order valence-corrected chi connectivity index (χ4v) is 3.22. The quantitative estimate of drug-likeness (QED) is 0.479. The lowest BCUT2D eigenvalue weighted by Crippen LogP contribution is -1.96. The van der Waals surface area contributed by atoms with Crippen molar-refractivity contribution in [3.8, 4) is 34.6 Å². The fraction of sp³-hybridized carbons (Fsp3) is 0.130. The maximum atomic E-state index is 5.95. The van der Waals surface area contributed by atoms with Crippen LogP contribution in [0.4, 0.5) is 0 Å². The standard InChI is InChI=1S/C23H19S/c1-3-8-18-13-16-22(17-11-14-20(24)15-12-17)21(4-2)23(18)19-9-6-5-7-10-19/h2,5-7,9-16H,3,8H2,1H3. The number of hydrogen-bond acceptors (Lipinski definition) is 0. The first-order valence-corrected chi connectivity index (χ1v) is 8.60. The Morgan fingerprint density at radius 1 is 0.875 bits per heavy atom. The second-order valence-corrected chi connectivity index (χ2v) is 6.28. The third kappa shape index (κ3) is 3.20. The average molecular weight is 327 g/mol. The molecule has 0 aliphatic carbocycles. The minimum Gasteiger partial charge on any atom is -0.115 e. The number of aryl methyl sites for hydroxylation is 1. The zero-order valence-corrected chi connectivity index (χ0v) is 14.6. The molecule has 0 aromatic heterocycles. The van der Waals surface area contributed by atoms with Crippen molar-refractivity contribution in [2.24, 2.45) is 0 Å². The molecule has 0 atom stereocenters. The molecule has 1 heteroatoms. The Morgan fingerprint density at radius 3 is 2.21 bits per heavy atom. The van der Waals surface area contributed by atoms with Crippen molar-refractivity contribution in [3.05, 3.63) is 77.9 Å². The van der Waals surface area contributed by atoms with E-state index < -0.39 is 0 Å². The highest BCUT2D eigenvalue weighted by Crippen LogP contribution is 2.35. The van der Waals surface area contributed by atoms with Crippen molar-refractivity contribution in [3.63, 3.8) is 0 Å². The molecule has 0 saturated heterocycles. The molecule has 3 aromatic carbocycles. The molecular weight excluding hydrogens is 308 g/mol. The van der Waals surface area contributed by atoms with Gasteiger partial charge in [-0.25, -0.2) is 0 Å². The fourth-order valence-electron chi connectivity index (χ4n) is 3.08. The Bertz CT molecular complexity index is 868. The molecule has 117 valence electrons. The first-order chi connectivity index (χ1) is 11.7. The molecule has 0 saturated carbocycles. The molecule has 0 nitrogen and oxygen atoms in total. The van der Waals surface area contributed by atoms with Gasteiger partial charge in [-0.3, -0.25) is 0 Å². The van der Waals surface area contributed by atoms with Crippen LogP contribution in [0.1, 0.15) is 24.5 Å². The van der Waals surface area contributed by atoms with Crippen LogP contribution >= 0.6 is 12.6 Å². The van der Waals surface area contributed by atoms with Crippen molar-refractivity contribution in [2.45, 2.75) is 24.7 Å². The normalized spacial score (nSPS) is 10.3. The van der Waals surface area contributed by atoms with Crippen LogP contribution in [0.2, 0.25) is 0 Å². The second-order valence-electron chi connectivity index (χ2n) is 5.81. The number of rotatable bonds is 4. The zero-order valence-electron chi connectivity index (χ0n) is 13.8. The number of terminal acetylenes is 1. The summed E-state index contributed by atoms with van der Waals surface area (Å²) in [7, 11) is 0. The van der Waals surface area contributed by atoms with Gasteiger partial charge in [-0.2, -0.15) is 0 Å². The van der Waals surface area contributed by atoms with E-state index in [0.29, 0.717) is 0 Å². The summed E-state index contributed by atoms with van der Waals surface area (Å²) in [6.45, 7) is 2.19. The lowest BCUT2D eigenvalue weighted by molar-refractivity contribution is 0.923. The van der Waals surface area contributed by atoms with Crippen LogP contribution in [-0.4, -0.2) is 0 Å². The molecule has 24 heavy (non-hydrogen) atoms.